The predicted molar refractivity (Wildman–Crippen MR) is 110 cm³/mol. The molecule has 10 heteroatoms. The van der Waals surface area contributed by atoms with Crippen LogP contribution in [0.2, 0.25) is 5.02 Å². The van der Waals surface area contributed by atoms with E-state index in [0.29, 0.717) is 14.2 Å². The number of benzene rings is 2. The molecule has 0 aliphatic carbocycles. The Morgan fingerprint density at radius 3 is 2.59 bits per heavy atom. The first-order chi connectivity index (χ1) is 12.9. The van der Waals surface area contributed by atoms with Crippen molar-refractivity contribution in [2.75, 3.05) is 11.9 Å². The Bertz CT molecular complexity index is 1170. The van der Waals surface area contributed by atoms with Gasteiger partial charge in [0.05, 0.1) is 28.6 Å². The highest BCUT2D eigenvalue weighted by Crippen LogP contribution is 2.18. The summed E-state index contributed by atoms with van der Waals surface area (Å²) in [7, 11) is 0. The number of aromatic nitrogens is 2. The molecule has 27 heavy (non-hydrogen) atoms. The third-order valence-electron chi connectivity index (χ3n) is 3.68. The summed E-state index contributed by atoms with van der Waals surface area (Å²) >= 11 is 7.88. The van der Waals surface area contributed by atoms with Crippen LogP contribution < -0.4 is 21.8 Å². The SMILES string of the molecule is O=C(CNC(=O)c1cc(Cl)ccc1I)Nc1cccc2c(=O)[nH][nH]c(=O)c12. The van der Waals surface area contributed by atoms with Crippen LogP contribution in [0.15, 0.2) is 46.0 Å². The van der Waals surface area contributed by atoms with Gasteiger partial charge in [0, 0.05) is 8.59 Å². The lowest BCUT2D eigenvalue weighted by Crippen LogP contribution is -2.33. The second-order valence-electron chi connectivity index (χ2n) is 5.49. The van der Waals surface area contributed by atoms with Crippen LogP contribution in [0.1, 0.15) is 10.4 Å². The molecule has 0 unspecified atom stereocenters. The molecule has 0 fully saturated rings. The molecule has 2 amide bonds. The van der Waals surface area contributed by atoms with E-state index in [4.69, 9.17) is 11.6 Å². The van der Waals surface area contributed by atoms with Gasteiger partial charge < -0.3 is 10.6 Å². The minimum atomic E-state index is -0.549. The normalized spacial score (nSPS) is 10.6. The van der Waals surface area contributed by atoms with Crippen molar-refractivity contribution in [2.24, 2.45) is 0 Å². The van der Waals surface area contributed by atoms with E-state index in [1.807, 2.05) is 22.6 Å². The molecule has 3 rings (SSSR count). The molecule has 0 bridgehead atoms. The molecule has 0 saturated carbocycles. The Balaban J connectivity index is 1.75. The topological polar surface area (TPSA) is 124 Å². The third-order valence-corrected chi connectivity index (χ3v) is 4.86. The zero-order valence-electron chi connectivity index (χ0n) is 13.6. The van der Waals surface area contributed by atoms with E-state index in [0.717, 1.165) is 0 Å². The molecule has 0 radical (unpaired) electrons. The first-order valence-corrected chi connectivity index (χ1v) is 9.09. The van der Waals surface area contributed by atoms with Crippen molar-refractivity contribution in [3.8, 4) is 0 Å². The maximum absolute atomic E-state index is 12.2. The Labute approximate surface area is 170 Å². The molecule has 1 aromatic heterocycles. The van der Waals surface area contributed by atoms with Crippen LogP contribution in [0.25, 0.3) is 10.8 Å². The van der Waals surface area contributed by atoms with E-state index in [1.54, 1.807) is 18.2 Å². The van der Waals surface area contributed by atoms with E-state index >= 15 is 0 Å². The van der Waals surface area contributed by atoms with Gasteiger partial charge in [-0.25, -0.2) is 0 Å². The average molecular weight is 499 g/mol. The zero-order valence-corrected chi connectivity index (χ0v) is 16.5. The molecule has 138 valence electrons. The number of hydrogen-bond donors (Lipinski definition) is 4. The number of aromatic amines is 2. The monoisotopic (exact) mass is 498 g/mol. The van der Waals surface area contributed by atoms with E-state index in [2.05, 4.69) is 20.8 Å². The van der Waals surface area contributed by atoms with Crippen molar-refractivity contribution in [3.05, 3.63) is 71.3 Å². The van der Waals surface area contributed by atoms with E-state index in [-0.39, 0.29) is 23.0 Å². The van der Waals surface area contributed by atoms with Crippen molar-refractivity contribution in [1.29, 1.82) is 0 Å². The maximum atomic E-state index is 12.2. The fraction of sp³-hybridized carbons (Fsp3) is 0.0588. The van der Waals surface area contributed by atoms with Crippen molar-refractivity contribution in [3.63, 3.8) is 0 Å². The van der Waals surface area contributed by atoms with Crippen LogP contribution >= 0.6 is 34.2 Å². The van der Waals surface area contributed by atoms with Crippen LogP contribution in [-0.4, -0.2) is 28.6 Å². The maximum Gasteiger partial charge on any atom is 0.272 e. The number of halogens is 2. The lowest BCUT2D eigenvalue weighted by molar-refractivity contribution is -0.115. The molecule has 0 aliphatic rings. The van der Waals surface area contributed by atoms with Gasteiger partial charge in [-0.2, -0.15) is 0 Å². The fourth-order valence-electron chi connectivity index (χ4n) is 2.46. The molecular weight excluding hydrogens is 487 g/mol. The van der Waals surface area contributed by atoms with Gasteiger partial charge in [0.25, 0.3) is 17.0 Å². The largest absolute Gasteiger partial charge is 0.343 e. The predicted octanol–water partition coefficient (Wildman–Crippen LogP) is 1.84. The van der Waals surface area contributed by atoms with Crippen LogP contribution in [0.3, 0.4) is 0 Å². The van der Waals surface area contributed by atoms with Gasteiger partial charge in [0.2, 0.25) is 5.91 Å². The van der Waals surface area contributed by atoms with Gasteiger partial charge in [-0.1, -0.05) is 17.7 Å². The molecule has 3 aromatic rings. The van der Waals surface area contributed by atoms with Crippen molar-refractivity contribution < 1.29 is 9.59 Å². The number of H-pyrrole nitrogens is 2. The molecule has 0 atom stereocenters. The van der Waals surface area contributed by atoms with Crippen molar-refractivity contribution in [1.82, 2.24) is 15.5 Å². The van der Waals surface area contributed by atoms with Crippen LogP contribution in [-0.2, 0) is 4.79 Å². The van der Waals surface area contributed by atoms with Gasteiger partial charge >= 0.3 is 0 Å². The summed E-state index contributed by atoms with van der Waals surface area (Å²) in [5.41, 5.74) is -0.497. The van der Waals surface area contributed by atoms with Gasteiger partial charge in [-0.05, 0) is 52.9 Å². The summed E-state index contributed by atoms with van der Waals surface area (Å²) < 4.78 is 0.690. The standard InChI is InChI=1S/C17H12ClIN4O4/c18-8-4-5-11(19)10(6-8)15(25)20-7-13(24)21-12-3-1-2-9-14(12)17(27)23-22-16(9)26/h1-6H,7H2,(H,20,25)(H,21,24)(H,22,26)(H,23,27). The Hall–Kier alpha value is -2.66. The number of nitrogens with one attached hydrogen (secondary N) is 4. The van der Waals surface area contributed by atoms with Crippen LogP contribution in [0.5, 0.6) is 0 Å². The summed E-state index contributed by atoms with van der Waals surface area (Å²) in [6.07, 6.45) is 0. The smallest absolute Gasteiger partial charge is 0.272 e. The number of fused-ring (bicyclic) bond motifs is 1. The highest BCUT2D eigenvalue weighted by Gasteiger charge is 2.14. The van der Waals surface area contributed by atoms with Crippen molar-refractivity contribution >= 4 is 62.5 Å². The summed E-state index contributed by atoms with van der Waals surface area (Å²) in [6.45, 7) is -0.321. The van der Waals surface area contributed by atoms with E-state index in [9.17, 15) is 19.2 Å². The molecular formula is C17H12ClIN4O4. The summed E-state index contributed by atoms with van der Waals surface area (Å²) in [6, 6.07) is 9.37. The quantitative estimate of drug-likeness (QED) is 0.410. The molecule has 2 aromatic carbocycles. The van der Waals surface area contributed by atoms with E-state index in [1.165, 1.54) is 18.2 Å². The summed E-state index contributed by atoms with van der Waals surface area (Å²) in [4.78, 5) is 48.2. The van der Waals surface area contributed by atoms with Gasteiger partial charge in [0.15, 0.2) is 0 Å². The van der Waals surface area contributed by atoms with Crippen LogP contribution in [0, 0.1) is 3.57 Å². The second-order valence-corrected chi connectivity index (χ2v) is 7.09. The average Bonchev–Trinajstić information content (AvgIpc) is 2.65. The number of carbonyl (C=O) groups is 2. The first kappa shape index (κ1) is 19.1. The fourth-order valence-corrected chi connectivity index (χ4v) is 3.21. The second kappa shape index (κ2) is 7.92. The third kappa shape index (κ3) is 4.19. The number of amides is 2. The number of rotatable bonds is 4. The molecule has 0 saturated heterocycles. The number of hydrogen-bond acceptors (Lipinski definition) is 4. The minimum Gasteiger partial charge on any atom is -0.343 e. The lowest BCUT2D eigenvalue weighted by atomic mass is 10.1. The summed E-state index contributed by atoms with van der Waals surface area (Å²) in [5, 5.41) is 10.1. The van der Waals surface area contributed by atoms with E-state index < -0.39 is 22.9 Å². The Morgan fingerprint density at radius 2 is 1.81 bits per heavy atom. The Morgan fingerprint density at radius 1 is 1.07 bits per heavy atom. The molecule has 8 nitrogen and oxygen atoms in total. The van der Waals surface area contributed by atoms with Gasteiger partial charge in [0.1, 0.15) is 0 Å². The molecule has 0 aliphatic heterocycles. The number of carbonyl (C=O) groups excluding carboxylic acids is 2. The van der Waals surface area contributed by atoms with Gasteiger partial charge in [-0.15, -0.1) is 0 Å². The lowest BCUT2D eigenvalue weighted by Gasteiger charge is -2.09. The van der Waals surface area contributed by atoms with Crippen LogP contribution in [0.4, 0.5) is 5.69 Å². The number of anilines is 1. The Kier molecular flexibility index (Phi) is 5.61. The van der Waals surface area contributed by atoms with Gasteiger partial charge in [-0.3, -0.25) is 29.4 Å². The molecule has 4 N–H and O–H groups in total. The molecule has 0 spiro atoms. The highest BCUT2D eigenvalue weighted by atomic mass is 127. The van der Waals surface area contributed by atoms with Crippen molar-refractivity contribution in [2.45, 2.75) is 0 Å². The highest BCUT2D eigenvalue weighted by molar-refractivity contribution is 14.1. The minimum absolute atomic E-state index is 0.0605. The summed E-state index contributed by atoms with van der Waals surface area (Å²) in [5.74, 6) is -1.00. The molecule has 1 heterocycles. The first-order valence-electron chi connectivity index (χ1n) is 7.63. The zero-order chi connectivity index (χ0) is 19.6.